The number of fused-ring (bicyclic) bond motifs is 1. The van der Waals surface area contributed by atoms with Crippen molar-refractivity contribution in [3.63, 3.8) is 0 Å². The van der Waals surface area contributed by atoms with Crippen molar-refractivity contribution in [2.24, 2.45) is 5.92 Å². The Morgan fingerprint density at radius 3 is 2.40 bits per heavy atom. The van der Waals surface area contributed by atoms with Crippen LogP contribution < -0.4 is 5.32 Å². The first-order valence-corrected chi connectivity index (χ1v) is 10.5. The molecular weight excluding hydrogens is 487 g/mol. The lowest BCUT2D eigenvalue weighted by Crippen LogP contribution is -2.21. The number of imidazole rings is 1. The molecule has 0 fully saturated rings. The topological polar surface area (TPSA) is 109 Å². The average Bonchev–Trinajstić information content (AvgIpc) is 3.19. The molecule has 0 bridgehead atoms. The predicted molar refractivity (Wildman–Crippen MR) is 124 cm³/mol. The summed E-state index contributed by atoms with van der Waals surface area (Å²) in [5, 5.41) is 15.1. The number of halogens is 4. The second-order valence-electron chi connectivity index (χ2n) is 7.49. The molecule has 4 rings (SSSR count). The summed E-state index contributed by atoms with van der Waals surface area (Å²) in [6.07, 6.45) is -1.71. The summed E-state index contributed by atoms with van der Waals surface area (Å²) in [4.78, 5) is 30.0. The zero-order valence-electron chi connectivity index (χ0n) is 18.4. The normalized spacial score (nSPS) is 11.2. The first-order valence-electron chi connectivity index (χ1n) is 10.1. The zero-order valence-corrected chi connectivity index (χ0v) is 19.2. The molecular formula is C23H19ClF3N5O3. The Bertz CT molecular complexity index is 1370. The van der Waals surface area contributed by atoms with E-state index in [-0.39, 0.29) is 11.8 Å². The lowest BCUT2D eigenvalue weighted by atomic mass is 10.1. The van der Waals surface area contributed by atoms with E-state index in [0.29, 0.717) is 10.8 Å². The summed E-state index contributed by atoms with van der Waals surface area (Å²) in [7, 11) is 0. The molecule has 0 aliphatic rings. The molecule has 2 N–H and O–H groups in total. The first kappa shape index (κ1) is 25.6. The Hall–Kier alpha value is -3.99. The molecule has 0 saturated carbocycles. The summed E-state index contributed by atoms with van der Waals surface area (Å²) in [5.41, 5.74) is 4.01. The van der Waals surface area contributed by atoms with Crippen LogP contribution in [0.3, 0.4) is 0 Å². The molecule has 0 spiro atoms. The molecule has 1 aromatic carbocycles. The number of rotatable bonds is 4. The van der Waals surface area contributed by atoms with E-state index in [4.69, 9.17) is 26.5 Å². The molecule has 182 valence electrons. The van der Waals surface area contributed by atoms with Gasteiger partial charge in [-0.2, -0.15) is 18.3 Å². The fourth-order valence-corrected chi connectivity index (χ4v) is 3.09. The highest BCUT2D eigenvalue weighted by molar-refractivity contribution is 6.30. The Morgan fingerprint density at radius 1 is 1.06 bits per heavy atom. The van der Waals surface area contributed by atoms with Gasteiger partial charge >= 0.3 is 12.1 Å². The van der Waals surface area contributed by atoms with Crippen molar-refractivity contribution in [3.8, 4) is 22.5 Å². The molecule has 3 aromatic heterocycles. The van der Waals surface area contributed by atoms with Crippen LogP contribution in [-0.2, 0) is 9.59 Å². The van der Waals surface area contributed by atoms with E-state index in [9.17, 15) is 18.0 Å². The van der Waals surface area contributed by atoms with E-state index in [1.807, 2.05) is 62.4 Å². The van der Waals surface area contributed by atoms with Gasteiger partial charge in [0.25, 0.3) is 0 Å². The van der Waals surface area contributed by atoms with Gasteiger partial charge in [-0.05, 0) is 36.4 Å². The largest absolute Gasteiger partial charge is 0.490 e. The summed E-state index contributed by atoms with van der Waals surface area (Å²) in [6.45, 7) is 3.68. The molecule has 0 aliphatic carbocycles. The monoisotopic (exact) mass is 505 g/mol. The number of carboxylic acids is 1. The first-order chi connectivity index (χ1) is 16.5. The Morgan fingerprint density at radius 2 is 1.77 bits per heavy atom. The van der Waals surface area contributed by atoms with Crippen molar-refractivity contribution in [2.75, 3.05) is 5.32 Å². The van der Waals surface area contributed by atoms with E-state index in [2.05, 4.69) is 15.4 Å². The number of carbonyl (C=O) groups excluding carboxylic acids is 1. The lowest BCUT2D eigenvalue weighted by Gasteiger charge is -2.09. The van der Waals surface area contributed by atoms with E-state index in [0.717, 1.165) is 28.2 Å². The Kier molecular flexibility index (Phi) is 7.70. The quantitative estimate of drug-likeness (QED) is 0.387. The van der Waals surface area contributed by atoms with Crippen LogP contribution >= 0.6 is 11.6 Å². The zero-order chi connectivity index (χ0) is 25.8. The number of pyridine rings is 1. The fraction of sp³-hybridized carbons (Fsp3) is 0.174. The molecule has 12 heteroatoms. The van der Waals surface area contributed by atoms with E-state index < -0.39 is 12.1 Å². The van der Waals surface area contributed by atoms with E-state index in [1.165, 1.54) is 0 Å². The molecule has 35 heavy (non-hydrogen) atoms. The number of aliphatic carboxylic acids is 1. The third kappa shape index (κ3) is 6.33. The number of benzene rings is 1. The minimum absolute atomic E-state index is 0.0871. The van der Waals surface area contributed by atoms with Crippen LogP contribution in [0.15, 0.2) is 60.9 Å². The molecule has 0 aliphatic heterocycles. The van der Waals surface area contributed by atoms with Gasteiger partial charge in [-0.1, -0.05) is 37.6 Å². The molecule has 3 heterocycles. The Labute approximate surface area is 202 Å². The number of alkyl halides is 3. The van der Waals surface area contributed by atoms with E-state index in [1.54, 1.807) is 16.9 Å². The number of nitrogens with zero attached hydrogens (tertiary/aromatic N) is 4. The van der Waals surface area contributed by atoms with Crippen molar-refractivity contribution < 1.29 is 27.9 Å². The van der Waals surface area contributed by atoms with Crippen molar-refractivity contribution >= 4 is 34.9 Å². The SMILES string of the molecule is CC(C)C(=O)Nc1cc(-c2c(-c3cccc(Cl)c3)nc3cccnn23)ccn1.O=C(O)C(F)(F)F. The smallest absolute Gasteiger partial charge is 0.475 e. The van der Waals surface area contributed by atoms with Gasteiger partial charge in [-0.15, -0.1) is 0 Å². The maximum atomic E-state index is 12.1. The van der Waals surface area contributed by atoms with Crippen LogP contribution in [0, 0.1) is 5.92 Å². The van der Waals surface area contributed by atoms with Crippen molar-refractivity contribution in [3.05, 3.63) is 65.9 Å². The van der Waals surface area contributed by atoms with Crippen molar-refractivity contribution in [1.29, 1.82) is 0 Å². The minimum Gasteiger partial charge on any atom is -0.475 e. The standard InChI is InChI=1S/C21H18ClN5O.C2HF3O2/c1-13(2)21(28)25-17-12-15(8-10-23-17)20-19(14-5-3-6-16(22)11-14)26-18-7-4-9-24-27(18)20;3-2(4,5)1(6)7/h3-13H,1-2H3,(H,23,25,28);(H,6,7). The maximum Gasteiger partial charge on any atom is 0.490 e. The van der Waals surface area contributed by atoms with Crippen molar-refractivity contribution in [1.82, 2.24) is 19.6 Å². The number of carboxylic acid groups (broad SMARTS) is 1. The third-order valence-electron chi connectivity index (χ3n) is 4.54. The minimum atomic E-state index is -5.08. The van der Waals surface area contributed by atoms with Crippen molar-refractivity contribution in [2.45, 2.75) is 20.0 Å². The van der Waals surface area contributed by atoms with Gasteiger partial charge in [0.1, 0.15) is 11.5 Å². The van der Waals surface area contributed by atoms with Crippen LogP contribution in [0.4, 0.5) is 19.0 Å². The number of hydrogen-bond donors (Lipinski definition) is 2. The number of carbonyl (C=O) groups is 2. The highest BCUT2D eigenvalue weighted by Gasteiger charge is 2.38. The molecule has 1 amide bonds. The second kappa shape index (κ2) is 10.5. The van der Waals surface area contributed by atoms with E-state index >= 15 is 0 Å². The van der Waals surface area contributed by atoms with Gasteiger partial charge in [-0.25, -0.2) is 19.3 Å². The molecule has 8 nitrogen and oxygen atoms in total. The predicted octanol–water partition coefficient (Wildman–Crippen LogP) is 5.34. The number of anilines is 1. The second-order valence-corrected chi connectivity index (χ2v) is 7.93. The number of amides is 1. The van der Waals surface area contributed by atoms with Crippen LogP contribution in [0.1, 0.15) is 13.8 Å². The van der Waals surface area contributed by atoms with Gasteiger partial charge in [0.2, 0.25) is 5.91 Å². The van der Waals surface area contributed by atoms with Gasteiger partial charge in [-0.3, -0.25) is 4.79 Å². The summed E-state index contributed by atoms with van der Waals surface area (Å²) in [5.74, 6) is -2.49. The summed E-state index contributed by atoms with van der Waals surface area (Å²) < 4.78 is 33.5. The van der Waals surface area contributed by atoms with Crippen LogP contribution in [0.25, 0.3) is 28.2 Å². The van der Waals surface area contributed by atoms with Gasteiger partial charge in [0.15, 0.2) is 5.65 Å². The molecule has 0 unspecified atom stereocenters. The molecule has 0 radical (unpaired) electrons. The molecule has 4 aromatic rings. The fourth-order valence-electron chi connectivity index (χ4n) is 2.90. The Balaban J connectivity index is 0.000000429. The summed E-state index contributed by atoms with van der Waals surface area (Å²) in [6, 6.07) is 15.0. The van der Waals surface area contributed by atoms with Crippen LogP contribution in [-0.4, -0.2) is 42.7 Å². The van der Waals surface area contributed by atoms with Gasteiger partial charge in [0.05, 0.1) is 5.69 Å². The highest BCUT2D eigenvalue weighted by atomic mass is 35.5. The summed E-state index contributed by atoms with van der Waals surface area (Å²) >= 11 is 6.20. The number of aromatic nitrogens is 4. The third-order valence-corrected chi connectivity index (χ3v) is 4.78. The van der Waals surface area contributed by atoms with Crippen LogP contribution in [0.2, 0.25) is 5.02 Å². The highest BCUT2D eigenvalue weighted by Crippen LogP contribution is 2.33. The molecule has 0 atom stereocenters. The number of nitrogens with one attached hydrogen (secondary N) is 1. The maximum absolute atomic E-state index is 12.1. The number of hydrogen-bond acceptors (Lipinski definition) is 5. The van der Waals surface area contributed by atoms with Gasteiger partial charge in [0, 0.05) is 34.5 Å². The average molecular weight is 506 g/mol. The van der Waals surface area contributed by atoms with Crippen LogP contribution in [0.5, 0.6) is 0 Å². The molecule has 0 saturated heterocycles. The lowest BCUT2D eigenvalue weighted by molar-refractivity contribution is -0.192. The van der Waals surface area contributed by atoms with Gasteiger partial charge < -0.3 is 10.4 Å².